The Morgan fingerprint density at radius 2 is 2.11 bits per heavy atom. The van der Waals surface area contributed by atoms with Crippen LogP contribution >= 0.6 is 11.6 Å². The highest BCUT2D eigenvalue weighted by molar-refractivity contribution is 6.31. The molecule has 1 heterocycles. The molecule has 0 aliphatic heterocycles. The molecule has 1 aromatic heterocycles. The van der Waals surface area contributed by atoms with Crippen molar-refractivity contribution in [3.63, 3.8) is 0 Å². The van der Waals surface area contributed by atoms with Gasteiger partial charge in [0.1, 0.15) is 6.07 Å². The van der Waals surface area contributed by atoms with Crippen LogP contribution < -0.4 is 0 Å². The second kappa shape index (κ2) is 4.86. The van der Waals surface area contributed by atoms with Gasteiger partial charge in [0.05, 0.1) is 21.8 Å². The summed E-state index contributed by atoms with van der Waals surface area (Å²) in [4.78, 5) is 14.9. The lowest BCUT2D eigenvalue weighted by atomic mass is 10.1. The predicted molar refractivity (Wildman–Crippen MR) is 66.4 cm³/mol. The number of halogens is 1. The van der Waals surface area contributed by atoms with Crippen molar-refractivity contribution in [2.45, 2.75) is 0 Å². The van der Waals surface area contributed by atoms with Gasteiger partial charge in [-0.2, -0.15) is 5.26 Å². The minimum absolute atomic E-state index is 0.147. The summed E-state index contributed by atoms with van der Waals surface area (Å²) in [5.41, 5.74) is 1.62. The number of carbonyl (C=O) groups is 1. The fraction of sp³-hybridized carbons (Fsp3) is 0. The molecule has 4 nitrogen and oxygen atoms in total. The molecule has 0 saturated carbocycles. The number of benzene rings is 1. The highest BCUT2D eigenvalue weighted by Crippen LogP contribution is 2.23. The number of pyridine rings is 1. The third-order valence-corrected chi connectivity index (χ3v) is 2.72. The van der Waals surface area contributed by atoms with Gasteiger partial charge < -0.3 is 5.11 Å². The van der Waals surface area contributed by atoms with Gasteiger partial charge in [-0.25, -0.2) is 4.79 Å². The van der Waals surface area contributed by atoms with E-state index in [1.807, 2.05) is 6.07 Å². The molecule has 0 amide bonds. The number of rotatable bonds is 2. The van der Waals surface area contributed by atoms with Gasteiger partial charge in [0.25, 0.3) is 0 Å². The van der Waals surface area contributed by atoms with Crippen molar-refractivity contribution in [1.82, 2.24) is 4.98 Å². The zero-order chi connectivity index (χ0) is 13.1. The van der Waals surface area contributed by atoms with Gasteiger partial charge in [-0.05, 0) is 24.3 Å². The minimum atomic E-state index is -1.02. The molecule has 0 aliphatic carbocycles. The molecule has 88 valence electrons. The molecule has 5 heteroatoms. The molecule has 18 heavy (non-hydrogen) atoms. The molecule has 1 N–H and O–H groups in total. The van der Waals surface area contributed by atoms with Crippen molar-refractivity contribution >= 4 is 17.6 Å². The molecule has 0 aliphatic rings. The van der Waals surface area contributed by atoms with Crippen LogP contribution in [-0.2, 0) is 0 Å². The minimum Gasteiger partial charge on any atom is -0.478 e. The Kier molecular flexibility index (Phi) is 3.26. The normalized spacial score (nSPS) is 9.78. The van der Waals surface area contributed by atoms with E-state index < -0.39 is 5.97 Å². The van der Waals surface area contributed by atoms with E-state index >= 15 is 0 Å². The van der Waals surface area contributed by atoms with Gasteiger partial charge in [-0.15, -0.1) is 0 Å². The molecule has 0 saturated heterocycles. The Balaban J connectivity index is 2.52. The van der Waals surface area contributed by atoms with Gasteiger partial charge in [-0.1, -0.05) is 17.7 Å². The van der Waals surface area contributed by atoms with Crippen molar-refractivity contribution < 1.29 is 9.90 Å². The second-order valence-electron chi connectivity index (χ2n) is 3.54. The van der Waals surface area contributed by atoms with Crippen molar-refractivity contribution in [2.75, 3.05) is 0 Å². The van der Waals surface area contributed by atoms with Crippen LogP contribution in [0.1, 0.15) is 15.9 Å². The van der Waals surface area contributed by atoms with Crippen molar-refractivity contribution in [2.24, 2.45) is 0 Å². The Morgan fingerprint density at radius 1 is 1.33 bits per heavy atom. The van der Waals surface area contributed by atoms with Crippen molar-refractivity contribution in [3.8, 4) is 17.3 Å². The third kappa shape index (κ3) is 2.31. The SMILES string of the molecule is N#Cc1cc(-c2cc(C(=O)O)ccn2)ccc1Cl. The number of hydrogen-bond donors (Lipinski definition) is 1. The molecule has 0 unspecified atom stereocenters. The summed E-state index contributed by atoms with van der Waals surface area (Å²) in [6, 6.07) is 9.69. The molecule has 0 bridgehead atoms. The number of aromatic carboxylic acids is 1. The highest BCUT2D eigenvalue weighted by Gasteiger charge is 2.08. The first-order chi connectivity index (χ1) is 8.61. The van der Waals surface area contributed by atoms with Gasteiger partial charge in [0.2, 0.25) is 0 Å². The van der Waals surface area contributed by atoms with E-state index in [2.05, 4.69) is 4.98 Å². The Morgan fingerprint density at radius 3 is 2.78 bits per heavy atom. The van der Waals surface area contributed by atoms with Crippen molar-refractivity contribution in [1.29, 1.82) is 5.26 Å². The molecule has 1 aromatic carbocycles. The van der Waals surface area contributed by atoms with Crippen LogP contribution in [0.4, 0.5) is 0 Å². The number of carboxylic acids is 1. The van der Waals surface area contributed by atoms with E-state index in [0.29, 0.717) is 21.8 Å². The first-order valence-corrected chi connectivity index (χ1v) is 5.39. The molecule has 0 radical (unpaired) electrons. The van der Waals surface area contributed by atoms with E-state index in [-0.39, 0.29) is 5.56 Å². The fourth-order valence-corrected chi connectivity index (χ4v) is 1.65. The summed E-state index contributed by atoms with van der Waals surface area (Å²) in [6.07, 6.45) is 1.42. The van der Waals surface area contributed by atoms with Gasteiger partial charge in [0, 0.05) is 11.8 Å². The van der Waals surface area contributed by atoms with E-state index in [9.17, 15) is 4.79 Å². The molecular formula is C13H7ClN2O2. The topological polar surface area (TPSA) is 74.0 Å². The maximum absolute atomic E-state index is 10.9. The molecule has 0 fully saturated rings. The molecule has 2 aromatic rings. The summed E-state index contributed by atoms with van der Waals surface area (Å²) in [6.45, 7) is 0. The van der Waals surface area contributed by atoms with E-state index in [4.69, 9.17) is 22.0 Å². The lowest BCUT2D eigenvalue weighted by Crippen LogP contribution is -1.97. The smallest absolute Gasteiger partial charge is 0.335 e. The summed E-state index contributed by atoms with van der Waals surface area (Å²) in [5, 5.41) is 18.1. The number of hydrogen-bond acceptors (Lipinski definition) is 3. The van der Waals surface area contributed by atoms with Crippen molar-refractivity contribution in [3.05, 3.63) is 52.7 Å². The van der Waals surface area contributed by atoms with Gasteiger partial charge in [0.15, 0.2) is 0 Å². The standard InChI is InChI=1S/C13H7ClN2O2/c14-11-2-1-8(5-10(11)7-15)12-6-9(13(17)18)3-4-16-12/h1-6H,(H,17,18). The Labute approximate surface area is 108 Å². The first kappa shape index (κ1) is 12.1. The molecule has 2 rings (SSSR count). The summed E-state index contributed by atoms with van der Waals surface area (Å²) in [5.74, 6) is -1.02. The van der Waals surface area contributed by atoms with E-state index in [0.717, 1.165) is 0 Å². The van der Waals surface area contributed by atoms with Crippen LogP contribution in [0.15, 0.2) is 36.5 Å². The first-order valence-electron chi connectivity index (χ1n) is 5.01. The summed E-state index contributed by atoms with van der Waals surface area (Å²) < 4.78 is 0. The van der Waals surface area contributed by atoms with Crippen LogP contribution in [-0.4, -0.2) is 16.1 Å². The van der Waals surface area contributed by atoms with Crippen LogP contribution in [0.5, 0.6) is 0 Å². The maximum atomic E-state index is 10.9. The Bertz CT molecular complexity index is 662. The predicted octanol–water partition coefficient (Wildman–Crippen LogP) is 2.97. The largest absolute Gasteiger partial charge is 0.478 e. The number of carboxylic acid groups (broad SMARTS) is 1. The Hall–Kier alpha value is -2.38. The van der Waals surface area contributed by atoms with E-state index in [1.165, 1.54) is 18.3 Å². The zero-order valence-corrected chi connectivity index (χ0v) is 9.85. The van der Waals surface area contributed by atoms with Crippen LogP contribution in [0.25, 0.3) is 11.3 Å². The number of aromatic nitrogens is 1. The van der Waals surface area contributed by atoms with Gasteiger partial charge in [-0.3, -0.25) is 4.98 Å². The van der Waals surface area contributed by atoms with Gasteiger partial charge >= 0.3 is 5.97 Å². The number of nitriles is 1. The lowest BCUT2D eigenvalue weighted by molar-refractivity contribution is 0.0697. The second-order valence-corrected chi connectivity index (χ2v) is 3.95. The third-order valence-electron chi connectivity index (χ3n) is 2.39. The highest BCUT2D eigenvalue weighted by atomic mass is 35.5. The maximum Gasteiger partial charge on any atom is 0.335 e. The molecule has 0 spiro atoms. The molecule has 0 atom stereocenters. The number of nitrogens with zero attached hydrogens (tertiary/aromatic N) is 2. The summed E-state index contributed by atoms with van der Waals surface area (Å²) >= 11 is 5.83. The van der Waals surface area contributed by atoms with Crippen LogP contribution in [0, 0.1) is 11.3 Å². The van der Waals surface area contributed by atoms with E-state index in [1.54, 1.807) is 18.2 Å². The van der Waals surface area contributed by atoms with Crippen LogP contribution in [0.3, 0.4) is 0 Å². The fourth-order valence-electron chi connectivity index (χ4n) is 1.49. The molecular weight excluding hydrogens is 252 g/mol. The lowest BCUT2D eigenvalue weighted by Gasteiger charge is -2.03. The van der Waals surface area contributed by atoms with Crippen LogP contribution in [0.2, 0.25) is 5.02 Å². The summed E-state index contributed by atoms with van der Waals surface area (Å²) in [7, 11) is 0. The quantitative estimate of drug-likeness (QED) is 0.899. The average molecular weight is 259 g/mol. The zero-order valence-electron chi connectivity index (χ0n) is 9.09. The monoisotopic (exact) mass is 258 g/mol. The average Bonchev–Trinajstić information content (AvgIpc) is 2.39.